The molecule has 0 saturated carbocycles. The Hall–Kier alpha value is -1.00. The standard InChI is InChI=1S/C16H25NO2S/c1-6-17-16(5,15(18)19-7-2)11-20-14-10-12(3)8-9-13(14)4/h8-10,17H,6-7,11H2,1-5H3. The second-order valence-electron chi connectivity index (χ2n) is 5.14. The first-order valence-corrected chi connectivity index (χ1v) is 8.03. The molecule has 1 N–H and O–H groups in total. The SMILES string of the molecule is CCNC(C)(CSc1cc(C)ccc1C)C(=O)OCC. The topological polar surface area (TPSA) is 38.3 Å². The lowest BCUT2D eigenvalue weighted by Gasteiger charge is -2.28. The van der Waals surface area contributed by atoms with Crippen LogP contribution in [-0.2, 0) is 9.53 Å². The summed E-state index contributed by atoms with van der Waals surface area (Å²) in [5, 5.41) is 3.25. The summed E-state index contributed by atoms with van der Waals surface area (Å²) in [5.41, 5.74) is 1.83. The minimum absolute atomic E-state index is 0.181. The van der Waals surface area contributed by atoms with Gasteiger partial charge in [0.05, 0.1) is 6.61 Å². The highest BCUT2D eigenvalue weighted by Crippen LogP contribution is 2.27. The van der Waals surface area contributed by atoms with Gasteiger partial charge in [0, 0.05) is 10.6 Å². The maximum absolute atomic E-state index is 12.1. The normalized spacial score (nSPS) is 13.8. The van der Waals surface area contributed by atoms with Crippen LogP contribution in [0.3, 0.4) is 0 Å². The van der Waals surface area contributed by atoms with E-state index in [0.717, 1.165) is 6.54 Å². The zero-order valence-electron chi connectivity index (χ0n) is 13.1. The van der Waals surface area contributed by atoms with E-state index in [2.05, 4.69) is 37.4 Å². The van der Waals surface area contributed by atoms with Crippen LogP contribution in [0.25, 0.3) is 0 Å². The van der Waals surface area contributed by atoms with Crippen LogP contribution in [0.4, 0.5) is 0 Å². The van der Waals surface area contributed by atoms with Crippen molar-refractivity contribution in [2.45, 2.75) is 45.1 Å². The van der Waals surface area contributed by atoms with E-state index >= 15 is 0 Å². The Balaban J connectivity index is 2.81. The van der Waals surface area contributed by atoms with Gasteiger partial charge in [0.1, 0.15) is 5.54 Å². The Kier molecular flexibility index (Phi) is 6.56. The van der Waals surface area contributed by atoms with Crippen LogP contribution in [0.5, 0.6) is 0 Å². The van der Waals surface area contributed by atoms with Crippen LogP contribution < -0.4 is 5.32 Å². The molecule has 1 atom stereocenters. The molecule has 0 aliphatic heterocycles. The molecule has 1 aromatic rings. The number of benzene rings is 1. The molecule has 0 spiro atoms. The summed E-state index contributed by atoms with van der Waals surface area (Å²) in [4.78, 5) is 13.4. The fourth-order valence-corrected chi connectivity index (χ4v) is 3.18. The van der Waals surface area contributed by atoms with Crippen molar-refractivity contribution < 1.29 is 9.53 Å². The molecule has 1 aromatic carbocycles. The molecule has 112 valence electrons. The van der Waals surface area contributed by atoms with Gasteiger partial charge >= 0.3 is 5.97 Å². The third-order valence-electron chi connectivity index (χ3n) is 3.15. The van der Waals surface area contributed by atoms with Gasteiger partial charge in [-0.15, -0.1) is 11.8 Å². The van der Waals surface area contributed by atoms with E-state index in [1.807, 2.05) is 20.8 Å². The van der Waals surface area contributed by atoms with Gasteiger partial charge in [0.2, 0.25) is 0 Å². The average Bonchev–Trinajstić information content (AvgIpc) is 2.40. The zero-order chi connectivity index (χ0) is 15.2. The predicted octanol–water partition coefficient (Wildman–Crippen LogP) is 3.33. The van der Waals surface area contributed by atoms with E-state index in [4.69, 9.17) is 4.74 Å². The second kappa shape index (κ2) is 7.70. The Bertz CT molecular complexity index is 462. The van der Waals surface area contributed by atoms with Crippen LogP contribution >= 0.6 is 11.8 Å². The van der Waals surface area contributed by atoms with Crippen molar-refractivity contribution in [2.75, 3.05) is 18.9 Å². The van der Waals surface area contributed by atoms with E-state index in [9.17, 15) is 4.79 Å². The van der Waals surface area contributed by atoms with Gasteiger partial charge in [-0.1, -0.05) is 24.6 Å². The van der Waals surface area contributed by atoms with E-state index < -0.39 is 5.54 Å². The third kappa shape index (κ3) is 4.53. The lowest BCUT2D eigenvalue weighted by atomic mass is 10.1. The Labute approximate surface area is 126 Å². The van der Waals surface area contributed by atoms with Gasteiger partial charge < -0.3 is 10.1 Å². The monoisotopic (exact) mass is 295 g/mol. The van der Waals surface area contributed by atoms with E-state index in [0.29, 0.717) is 12.4 Å². The highest BCUT2D eigenvalue weighted by Gasteiger charge is 2.34. The smallest absolute Gasteiger partial charge is 0.326 e. The molecule has 0 saturated heterocycles. The summed E-state index contributed by atoms with van der Waals surface area (Å²) < 4.78 is 5.19. The number of nitrogens with one attached hydrogen (secondary N) is 1. The number of aryl methyl sites for hydroxylation is 2. The average molecular weight is 295 g/mol. The fraction of sp³-hybridized carbons (Fsp3) is 0.562. The lowest BCUT2D eigenvalue weighted by Crippen LogP contribution is -2.52. The number of hydrogen-bond acceptors (Lipinski definition) is 4. The zero-order valence-corrected chi connectivity index (χ0v) is 13.9. The van der Waals surface area contributed by atoms with Gasteiger partial charge in [0.25, 0.3) is 0 Å². The molecule has 0 aliphatic rings. The number of hydrogen-bond donors (Lipinski definition) is 1. The largest absolute Gasteiger partial charge is 0.465 e. The van der Waals surface area contributed by atoms with Gasteiger partial charge in [-0.2, -0.15) is 0 Å². The third-order valence-corrected chi connectivity index (χ3v) is 4.63. The maximum atomic E-state index is 12.1. The molecule has 0 amide bonds. The molecule has 3 nitrogen and oxygen atoms in total. The molecule has 0 aliphatic carbocycles. The summed E-state index contributed by atoms with van der Waals surface area (Å²) >= 11 is 1.70. The number of likely N-dealkylation sites (N-methyl/N-ethyl adjacent to an activating group) is 1. The Morgan fingerprint density at radius 2 is 2.05 bits per heavy atom. The van der Waals surface area contributed by atoms with E-state index in [1.54, 1.807) is 11.8 Å². The summed E-state index contributed by atoms with van der Waals surface area (Å²) in [7, 11) is 0. The number of carbonyl (C=O) groups is 1. The van der Waals surface area contributed by atoms with Crippen molar-refractivity contribution in [3.63, 3.8) is 0 Å². The van der Waals surface area contributed by atoms with Gasteiger partial charge in [-0.25, -0.2) is 0 Å². The van der Waals surface area contributed by atoms with Crippen molar-refractivity contribution in [2.24, 2.45) is 0 Å². The molecule has 0 radical (unpaired) electrons. The van der Waals surface area contributed by atoms with Gasteiger partial charge in [-0.3, -0.25) is 4.79 Å². The second-order valence-corrected chi connectivity index (χ2v) is 6.16. The van der Waals surface area contributed by atoms with Crippen molar-refractivity contribution >= 4 is 17.7 Å². The van der Waals surface area contributed by atoms with Crippen LogP contribution in [0.1, 0.15) is 31.9 Å². The fourth-order valence-electron chi connectivity index (χ4n) is 1.95. The minimum atomic E-state index is -0.647. The first-order valence-electron chi connectivity index (χ1n) is 7.05. The maximum Gasteiger partial charge on any atom is 0.326 e. The van der Waals surface area contributed by atoms with Crippen molar-refractivity contribution in [1.82, 2.24) is 5.32 Å². The Morgan fingerprint density at radius 3 is 2.65 bits per heavy atom. The first kappa shape index (κ1) is 17.1. The molecular weight excluding hydrogens is 270 g/mol. The Morgan fingerprint density at radius 1 is 1.35 bits per heavy atom. The van der Waals surface area contributed by atoms with Crippen molar-refractivity contribution in [3.05, 3.63) is 29.3 Å². The highest BCUT2D eigenvalue weighted by atomic mass is 32.2. The summed E-state index contributed by atoms with van der Waals surface area (Å²) in [6.07, 6.45) is 0. The molecular formula is C16H25NO2S. The molecule has 1 unspecified atom stereocenters. The number of rotatable bonds is 7. The van der Waals surface area contributed by atoms with Gasteiger partial charge in [0.15, 0.2) is 0 Å². The molecule has 4 heteroatoms. The van der Waals surface area contributed by atoms with Crippen molar-refractivity contribution in [3.8, 4) is 0 Å². The summed E-state index contributed by atoms with van der Waals surface area (Å²) in [5.74, 6) is 0.476. The van der Waals surface area contributed by atoms with Crippen molar-refractivity contribution in [1.29, 1.82) is 0 Å². The summed E-state index contributed by atoms with van der Waals surface area (Å²) in [6, 6.07) is 6.39. The number of esters is 1. The number of thioether (sulfide) groups is 1. The van der Waals surface area contributed by atoms with Crippen LogP contribution in [0, 0.1) is 13.8 Å². The van der Waals surface area contributed by atoms with Crippen LogP contribution in [0.15, 0.2) is 23.1 Å². The molecule has 0 fully saturated rings. The van der Waals surface area contributed by atoms with Gasteiger partial charge in [-0.05, 0) is 45.9 Å². The van der Waals surface area contributed by atoms with E-state index in [1.165, 1.54) is 16.0 Å². The molecule has 0 heterocycles. The lowest BCUT2D eigenvalue weighted by molar-refractivity contribution is -0.149. The first-order chi connectivity index (χ1) is 9.42. The molecule has 0 bridgehead atoms. The molecule has 1 rings (SSSR count). The van der Waals surface area contributed by atoms with Crippen LogP contribution in [-0.4, -0.2) is 30.4 Å². The quantitative estimate of drug-likeness (QED) is 0.618. The molecule has 0 aromatic heterocycles. The minimum Gasteiger partial charge on any atom is -0.465 e. The molecule has 20 heavy (non-hydrogen) atoms. The predicted molar refractivity (Wildman–Crippen MR) is 85.4 cm³/mol. The highest BCUT2D eigenvalue weighted by molar-refractivity contribution is 7.99. The van der Waals surface area contributed by atoms with Crippen LogP contribution in [0.2, 0.25) is 0 Å². The summed E-state index contributed by atoms with van der Waals surface area (Å²) in [6.45, 7) is 11.1. The number of carbonyl (C=O) groups excluding carboxylic acids is 1. The van der Waals surface area contributed by atoms with E-state index in [-0.39, 0.29) is 5.97 Å². The number of ether oxygens (including phenoxy) is 1.